The molecule has 0 saturated carbocycles. The number of unbranched alkanes of at least 4 members (excludes halogenated alkanes) is 1. The van der Waals surface area contributed by atoms with Gasteiger partial charge in [0.1, 0.15) is 6.04 Å². The van der Waals surface area contributed by atoms with Gasteiger partial charge in [-0.2, -0.15) is 0 Å². The molecule has 0 heterocycles. The SMILES string of the molecule is CCCCNC(=O)[C@H](C)N(Cc1ccc(Cl)cc1)C(=O)CCc1cccc2ccccc12. The Labute approximate surface area is 195 Å². The van der Waals surface area contributed by atoms with Gasteiger partial charge in [0.2, 0.25) is 11.8 Å². The van der Waals surface area contributed by atoms with Gasteiger partial charge in [0.25, 0.3) is 0 Å². The van der Waals surface area contributed by atoms with Gasteiger partial charge in [0, 0.05) is 24.5 Å². The molecule has 0 aromatic heterocycles. The summed E-state index contributed by atoms with van der Waals surface area (Å²) < 4.78 is 0. The molecule has 32 heavy (non-hydrogen) atoms. The maximum Gasteiger partial charge on any atom is 0.242 e. The normalized spacial score (nSPS) is 11.8. The maximum absolute atomic E-state index is 13.3. The Morgan fingerprint density at radius 1 is 1.00 bits per heavy atom. The van der Waals surface area contributed by atoms with Crippen LogP contribution in [0, 0.1) is 0 Å². The second kappa shape index (κ2) is 11.7. The van der Waals surface area contributed by atoms with Crippen molar-refractivity contribution in [1.29, 1.82) is 0 Å². The highest BCUT2D eigenvalue weighted by atomic mass is 35.5. The van der Waals surface area contributed by atoms with Gasteiger partial charge in [-0.1, -0.05) is 79.5 Å². The first-order valence-electron chi connectivity index (χ1n) is 11.3. The van der Waals surface area contributed by atoms with Gasteiger partial charge in [-0.15, -0.1) is 0 Å². The monoisotopic (exact) mass is 450 g/mol. The fraction of sp³-hybridized carbons (Fsp3) is 0.333. The number of rotatable bonds is 10. The summed E-state index contributed by atoms with van der Waals surface area (Å²) in [6.45, 7) is 4.87. The molecule has 3 aromatic carbocycles. The van der Waals surface area contributed by atoms with Gasteiger partial charge in [-0.25, -0.2) is 0 Å². The first-order valence-corrected chi connectivity index (χ1v) is 11.7. The van der Waals surface area contributed by atoms with Crippen LogP contribution in [0.1, 0.15) is 44.2 Å². The van der Waals surface area contributed by atoms with Crippen LogP contribution in [-0.4, -0.2) is 29.3 Å². The summed E-state index contributed by atoms with van der Waals surface area (Å²) in [6, 6.07) is 21.2. The van der Waals surface area contributed by atoms with E-state index in [-0.39, 0.29) is 11.8 Å². The second-order valence-electron chi connectivity index (χ2n) is 8.11. The lowest BCUT2D eigenvalue weighted by molar-refractivity contribution is -0.140. The number of fused-ring (bicyclic) bond motifs is 1. The molecular formula is C27H31ClN2O2. The van der Waals surface area contributed by atoms with E-state index in [2.05, 4.69) is 36.5 Å². The highest BCUT2D eigenvalue weighted by molar-refractivity contribution is 6.30. The number of hydrogen-bond acceptors (Lipinski definition) is 2. The minimum Gasteiger partial charge on any atom is -0.354 e. The average Bonchev–Trinajstić information content (AvgIpc) is 2.81. The van der Waals surface area contributed by atoms with Crippen molar-refractivity contribution in [3.63, 3.8) is 0 Å². The molecule has 0 fully saturated rings. The fourth-order valence-electron chi connectivity index (χ4n) is 3.80. The minimum absolute atomic E-state index is 0.0361. The molecule has 5 heteroatoms. The summed E-state index contributed by atoms with van der Waals surface area (Å²) in [4.78, 5) is 27.7. The van der Waals surface area contributed by atoms with Crippen molar-refractivity contribution in [2.45, 2.75) is 52.1 Å². The van der Waals surface area contributed by atoms with Crippen molar-refractivity contribution in [3.8, 4) is 0 Å². The van der Waals surface area contributed by atoms with Gasteiger partial charge in [-0.3, -0.25) is 9.59 Å². The summed E-state index contributed by atoms with van der Waals surface area (Å²) in [5, 5.41) is 5.93. The van der Waals surface area contributed by atoms with Crippen LogP contribution in [0.5, 0.6) is 0 Å². The molecule has 1 N–H and O–H groups in total. The van der Waals surface area contributed by atoms with E-state index in [1.54, 1.807) is 11.8 Å². The zero-order valence-corrected chi connectivity index (χ0v) is 19.6. The van der Waals surface area contributed by atoms with E-state index < -0.39 is 6.04 Å². The van der Waals surface area contributed by atoms with Crippen molar-refractivity contribution >= 4 is 34.2 Å². The number of halogens is 1. The minimum atomic E-state index is -0.553. The molecule has 0 bridgehead atoms. The van der Waals surface area contributed by atoms with E-state index in [0.717, 1.165) is 29.4 Å². The van der Waals surface area contributed by atoms with E-state index in [1.165, 1.54) is 5.39 Å². The van der Waals surface area contributed by atoms with Crippen LogP contribution in [0.25, 0.3) is 10.8 Å². The molecule has 0 saturated heterocycles. The second-order valence-corrected chi connectivity index (χ2v) is 8.54. The number of nitrogens with zero attached hydrogens (tertiary/aromatic N) is 1. The number of amides is 2. The topological polar surface area (TPSA) is 49.4 Å². The Bertz CT molecular complexity index is 1040. The lowest BCUT2D eigenvalue weighted by atomic mass is 10.0. The molecule has 0 aliphatic heterocycles. The average molecular weight is 451 g/mol. The Morgan fingerprint density at radius 2 is 1.72 bits per heavy atom. The number of benzene rings is 3. The van der Waals surface area contributed by atoms with Crippen molar-refractivity contribution in [1.82, 2.24) is 10.2 Å². The highest BCUT2D eigenvalue weighted by Gasteiger charge is 2.25. The predicted octanol–water partition coefficient (Wildman–Crippen LogP) is 5.76. The van der Waals surface area contributed by atoms with Gasteiger partial charge in [0.15, 0.2) is 0 Å². The van der Waals surface area contributed by atoms with E-state index in [1.807, 2.05) is 42.5 Å². The lowest BCUT2D eigenvalue weighted by Crippen LogP contribution is -2.47. The molecule has 3 aromatic rings. The van der Waals surface area contributed by atoms with Gasteiger partial charge < -0.3 is 10.2 Å². The van der Waals surface area contributed by atoms with Crippen molar-refractivity contribution < 1.29 is 9.59 Å². The molecule has 1 atom stereocenters. The third-order valence-corrected chi connectivity index (χ3v) is 6.00. The molecule has 0 spiro atoms. The molecule has 4 nitrogen and oxygen atoms in total. The first-order chi connectivity index (χ1) is 15.5. The Balaban J connectivity index is 1.75. The van der Waals surface area contributed by atoms with Crippen LogP contribution >= 0.6 is 11.6 Å². The highest BCUT2D eigenvalue weighted by Crippen LogP contribution is 2.21. The number of hydrogen-bond donors (Lipinski definition) is 1. The molecule has 0 aliphatic carbocycles. The Hall–Kier alpha value is -2.85. The van der Waals surface area contributed by atoms with E-state index in [4.69, 9.17) is 11.6 Å². The number of aryl methyl sites for hydroxylation is 1. The summed E-state index contributed by atoms with van der Waals surface area (Å²) in [5.41, 5.74) is 2.09. The Kier molecular flexibility index (Phi) is 8.69. The predicted molar refractivity (Wildman–Crippen MR) is 132 cm³/mol. The number of carbonyl (C=O) groups is 2. The van der Waals surface area contributed by atoms with Crippen LogP contribution in [-0.2, 0) is 22.6 Å². The zero-order valence-electron chi connectivity index (χ0n) is 18.8. The molecule has 0 unspecified atom stereocenters. The molecular weight excluding hydrogens is 420 g/mol. The molecule has 3 rings (SSSR count). The van der Waals surface area contributed by atoms with E-state index >= 15 is 0 Å². The molecule has 168 valence electrons. The Morgan fingerprint density at radius 3 is 2.47 bits per heavy atom. The summed E-state index contributed by atoms with van der Waals surface area (Å²) in [7, 11) is 0. The largest absolute Gasteiger partial charge is 0.354 e. The lowest BCUT2D eigenvalue weighted by Gasteiger charge is -2.29. The molecule has 2 amide bonds. The smallest absolute Gasteiger partial charge is 0.242 e. The summed E-state index contributed by atoms with van der Waals surface area (Å²) in [6.07, 6.45) is 2.90. The van der Waals surface area contributed by atoms with E-state index in [9.17, 15) is 9.59 Å². The van der Waals surface area contributed by atoms with Crippen LogP contribution < -0.4 is 5.32 Å². The third-order valence-electron chi connectivity index (χ3n) is 5.75. The van der Waals surface area contributed by atoms with Crippen LogP contribution in [0.3, 0.4) is 0 Å². The standard InChI is InChI=1S/C27H31ClN2O2/c1-3-4-18-29-27(32)20(2)30(19-21-12-15-24(28)16-13-21)26(31)17-14-23-10-7-9-22-8-5-6-11-25(22)23/h5-13,15-16,20H,3-4,14,17-19H2,1-2H3,(H,29,32)/t20-/m0/s1. The first kappa shape index (κ1) is 23.8. The molecule has 0 aliphatic rings. The van der Waals surface area contributed by atoms with Crippen molar-refractivity contribution in [2.24, 2.45) is 0 Å². The third kappa shape index (κ3) is 6.33. The van der Waals surface area contributed by atoms with Crippen molar-refractivity contribution in [3.05, 3.63) is 82.9 Å². The zero-order chi connectivity index (χ0) is 22.9. The van der Waals surface area contributed by atoms with Gasteiger partial charge >= 0.3 is 0 Å². The maximum atomic E-state index is 13.3. The van der Waals surface area contributed by atoms with Crippen LogP contribution in [0.2, 0.25) is 5.02 Å². The number of carbonyl (C=O) groups excluding carboxylic acids is 2. The number of nitrogens with one attached hydrogen (secondary N) is 1. The molecule has 0 radical (unpaired) electrons. The fourth-order valence-corrected chi connectivity index (χ4v) is 3.93. The van der Waals surface area contributed by atoms with Crippen LogP contribution in [0.4, 0.5) is 0 Å². The summed E-state index contributed by atoms with van der Waals surface area (Å²) in [5.74, 6) is -0.156. The van der Waals surface area contributed by atoms with Gasteiger partial charge in [0.05, 0.1) is 0 Å². The van der Waals surface area contributed by atoms with Crippen molar-refractivity contribution in [2.75, 3.05) is 6.54 Å². The summed E-state index contributed by atoms with van der Waals surface area (Å²) >= 11 is 6.02. The van der Waals surface area contributed by atoms with E-state index in [0.29, 0.717) is 31.0 Å². The van der Waals surface area contributed by atoms with Crippen LogP contribution in [0.15, 0.2) is 66.7 Å². The van der Waals surface area contributed by atoms with Gasteiger partial charge in [-0.05, 0) is 53.8 Å². The quantitative estimate of drug-likeness (QED) is 0.399.